The third kappa shape index (κ3) is 4.55. The molecule has 0 amide bonds. The van der Waals surface area contributed by atoms with E-state index in [-0.39, 0.29) is 17.0 Å². The topological polar surface area (TPSA) is 221 Å². The van der Waals surface area contributed by atoms with Crippen molar-refractivity contribution in [3.05, 3.63) is 12.7 Å². The third-order valence-corrected chi connectivity index (χ3v) is 6.62. The first kappa shape index (κ1) is 20.8. The summed E-state index contributed by atoms with van der Waals surface area (Å²) < 4.78 is 25.8. The summed E-state index contributed by atoms with van der Waals surface area (Å²) in [4.78, 5) is 42.4. The fourth-order valence-electron chi connectivity index (χ4n) is 2.47. The maximum Gasteiger partial charge on any atom is 0.291 e. The van der Waals surface area contributed by atoms with Crippen LogP contribution >= 0.6 is 15.0 Å². The zero-order valence-electron chi connectivity index (χ0n) is 13.1. The minimum absolute atomic E-state index is 0.101. The van der Waals surface area contributed by atoms with Gasteiger partial charge < -0.3 is 47.3 Å². The third-order valence-electron chi connectivity index (χ3n) is 3.60. The standard InChI is InChI=1S/C10H15N5O9P2S/c11-8-5-9(13-2-12-8)15(3-14-5)10-7(17)6(16)4(23-10)1-22-26(21,27)24-25(18,19)20/h2-4,6-7,10,16-17H,1H2,(H,21,27)(H2,11,12,13)(H2,18,19,20)/p-2/t4-,6-,7-,10-,26?/m1/s1. The number of rotatable bonds is 6. The molecule has 3 rings (SSSR count). The first-order valence-electron chi connectivity index (χ1n) is 7.14. The number of nitrogens with two attached hydrogens (primary N) is 1. The summed E-state index contributed by atoms with van der Waals surface area (Å²) in [6.07, 6.45) is -2.92. The number of anilines is 1. The first-order valence-corrected chi connectivity index (χ1v) is 11.2. The van der Waals surface area contributed by atoms with E-state index in [2.05, 4.69) is 31.5 Å². The molecule has 1 saturated heterocycles. The molecule has 0 aromatic carbocycles. The van der Waals surface area contributed by atoms with Gasteiger partial charge >= 0.3 is 0 Å². The molecule has 2 aromatic rings. The maximum absolute atomic E-state index is 10.5. The summed E-state index contributed by atoms with van der Waals surface area (Å²) >= 11 is 4.39. The molecule has 0 aliphatic carbocycles. The highest BCUT2D eigenvalue weighted by Crippen LogP contribution is 2.62. The number of imidazole rings is 1. The highest BCUT2D eigenvalue weighted by atomic mass is 32.7. The predicted octanol–water partition coefficient (Wildman–Crippen LogP) is -2.89. The second-order valence-electron chi connectivity index (χ2n) is 5.42. The van der Waals surface area contributed by atoms with E-state index >= 15 is 0 Å². The van der Waals surface area contributed by atoms with Gasteiger partial charge in [0.2, 0.25) is 0 Å². The lowest BCUT2D eigenvalue weighted by Crippen LogP contribution is -2.34. The van der Waals surface area contributed by atoms with Gasteiger partial charge in [-0.25, -0.2) is 19.8 Å². The number of nitrogens with zero attached hydrogens (tertiary/aromatic N) is 4. The molecule has 1 unspecified atom stereocenters. The Morgan fingerprint density at radius 2 is 2.07 bits per heavy atom. The van der Waals surface area contributed by atoms with Crippen molar-refractivity contribution >= 4 is 44.2 Å². The molecule has 0 saturated carbocycles. The molecule has 5 atom stereocenters. The van der Waals surface area contributed by atoms with Gasteiger partial charge in [0.05, 0.1) is 6.33 Å². The van der Waals surface area contributed by atoms with Crippen molar-refractivity contribution in [1.82, 2.24) is 19.5 Å². The van der Waals surface area contributed by atoms with Crippen LogP contribution in [0.1, 0.15) is 6.23 Å². The van der Waals surface area contributed by atoms with E-state index in [1.807, 2.05) is 0 Å². The Hall–Kier alpha value is -0.960. The van der Waals surface area contributed by atoms with Crippen LogP contribution < -0.4 is 15.5 Å². The quantitative estimate of drug-likeness (QED) is 0.261. The number of aliphatic hydroxyl groups excluding tert-OH is 2. The Kier molecular flexibility index (Phi) is 5.74. The number of aliphatic hydroxyl groups is 2. The SMILES string of the molecule is Nc1ncnc2c1ncn2[C@@H]1O[C@H](CO[P+](O)([S-])OP(=O)([O-])[O-])[C@@H](O)[C@H]1O. The Labute approximate surface area is 156 Å². The largest absolute Gasteiger partial charge is 0.787 e. The summed E-state index contributed by atoms with van der Waals surface area (Å²) in [5.74, 6) is 0.101. The number of hydrogen-bond acceptors (Lipinski definition) is 14. The summed E-state index contributed by atoms with van der Waals surface area (Å²) in [7, 11) is -10.0. The summed E-state index contributed by atoms with van der Waals surface area (Å²) in [6.45, 7) is -0.660. The van der Waals surface area contributed by atoms with E-state index in [0.29, 0.717) is 0 Å². The molecule has 0 spiro atoms. The minimum Gasteiger partial charge on any atom is -0.787 e. The number of aromatic nitrogens is 4. The molecular formula is C10H13N5O9P2S-2. The molecule has 0 bridgehead atoms. The van der Waals surface area contributed by atoms with Crippen LogP contribution in [0.4, 0.5) is 5.82 Å². The molecule has 14 nitrogen and oxygen atoms in total. The molecule has 2 aromatic heterocycles. The second kappa shape index (κ2) is 7.46. The summed E-state index contributed by atoms with van der Waals surface area (Å²) in [5.41, 5.74) is 6.16. The van der Waals surface area contributed by atoms with E-state index in [0.717, 1.165) is 0 Å². The second-order valence-corrected chi connectivity index (χ2v) is 9.55. The molecule has 17 heteroatoms. The van der Waals surface area contributed by atoms with E-state index in [1.165, 1.54) is 17.2 Å². The lowest BCUT2D eigenvalue weighted by molar-refractivity contribution is -0.334. The van der Waals surface area contributed by atoms with Gasteiger partial charge in [0, 0.05) is 0 Å². The zero-order valence-corrected chi connectivity index (χ0v) is 15.7. The summed E-state index contributed by atoms with van der Waals surface area (Å²) in [5, 5.41) is 20.3. The van der Waals surface area contributed by atoms with Gasteiger partial charge in [-0.15, -0.1) is 0 Å². The van der Waals surface area contributed by atoms with Crippen molar-refractivity contribution in [3.8, 4) is 0 Å². The van der Waals surface area contributed by atoms with Crippen LogP contribution in [0, 0.1) is 0 Å². The van der Waals surface area contributed by atoms with Crippen molar-refractivity contribution in [2.75, 3.05) is 12.3 Å². The molecule has 5 N–H and O–H groups in total. The Bertz CT molecular complexity index is 878. The van der Waals surface area contributed by atoms with E-state index < -0.39 is 46.1 Å². The zero-order chi connectivity index (χ0) is 20.0. The monoisotopic (exact) mass is 441 g/mol. The molecular weight excluding hydrogens is 428 g/mol. The van der Waals surface area contributed by atoms with Gasteiger partial charge in [0.25, 0.3) is 7.15 Å². The van der Waals surface area contributed by atoms with Crippen molar-refractivity contribution in [1.29, 1.82) is 0 Å². The van der Waals surface area contributed by atoms with Crippen LogP contribution in [-0.4, -0.2) is 59.5 Å². The number of phosphoric acid groups is 1. The average molecular weight is 441 g/mol. The predicted molar refractivity (Wildman–Crippen MR) is 86.8 cm³/mol. The fraction of sp³-hybridized carbons (Fsp3) is 0.500. The molecule has 27 heavy (non-hydrogen) atoms. The van der Waals surface area contributed by atoms with Crippen molar-refractivity contribution in [3.63, 3.8) is 0 Å². The molecule has 3 heterocycles. The smallest absolute Gasteiger partial charge is 0.291 e. The number of nitrogen functional groups attached to an aromatic ring is 1. The highest BCUT2D eigenvalue weighted by molar-refractivity contribution is 8.36. The maximum atomic E-state index is 10.5. The van der Waals surface area contributed by atoms with Gasteiger partial charge in [-0.3, -0.25) is 4.57 Å². The van der Waals surface area contributed by atoms with Crippen LogP contribution in [-0.2, 0) is 30.4 Å². The van der Waals surface area contributed by atoms with Crippen molar-refractivity contribution in [2.24, 2.45) is 0 Å². The molecule has 150 valence electrons. The molecule has 1 aliphatic rings. The van der Waals surface area contributed by atoms with Gasteiger partial charge in [0.15, 0.2) is 17.7 Å². The van der Waals surface area contributed by atoms with Crippen molar-refractivity contribution < 1.29 is 43.0 Å². The van der Waals surface area contributed by atoms with Crippen molar-refractivity contribution in [2.45, 2.75) is 24.5 Å². The minimum atomic E-state index is -5.58. The Morgan fingerprint density at radius 3 is 2.74 bits per heavy atom. The Balaban J connectivity index is 1.74. The van der Waals surface area contributed by atoms with Crippen LogP contribution in [0.25, 0.3) is 11.2 Å². The number of hydrogen-bond donors (Lipinski definition) is 4. The van der Waals surface area contributed by atoms with E-state index in [1.54, 1.807) is 0 Å². The lowest BCUT2D eigenvalue weighted by atomic mass is 10.1. The van der Waals surface area contributed by atoms with Crippen LogP contribution in [0.5, 0.6) is 0 Å². The van der Waals surface area contributed by atoms with Gasteiger partial charge in [0.1, 0.15) is 44.6 Å². The van der Waals surface area contributed by atoms with Crippen LogP contribution in [0.2, 0.25) is 0 Å². The van der Waals surface area contributed by atoms with E-state index in [4.69, 9.17) is 15.0 Å². The van der Waals surface area contributed by atoms with E-state index in [9.17, 15) is 29.5 Å². The number of ether oxygens (including phenoxy) is 1. The molecule has 0 radical (unpaired) electrons. The Morgan fingerprint density at radius 1 is 1.37 bits per heavy atom. The fourth-order valence-corrected chi connectivity index (χ4v) is 4.92. The van der Waals surface area contributed by atoms with Gasteiger partial charge in [-0.1, -0.05) is 0 Å². The van der Waals surface area contributed by atoms with Gasteiger partial charge in [-0.05, 0) is 0 Å². The normalized spacial score (nSPS) is 28.5. The molecule has 1 aliphatic heterocycles. The lowest BCUT2D eigenvalue weighted by Gasteiger charge is -2.33. The first-order chi connectivity index (χ1) is 12.5. The molecule has 1 fully saturated rings. The number of fused-ring (bicyclic) bond motifs is 1. The average Bonchev–Trinajstić information content (AvgIpc) is 3.07. The summed E-state index contributed by atoms with van der Waals surface area (Å²) in [6, 6.07) is 0. The highest BCUT2D eigenvalue weighted by Gasteiger charge is 2.46. The van der Waals surface area contributed by atoms with Crippen LogP contribution in [0.15, 0.2) is 12.7 Å². The van der Waals surface area contributed by atoms with Gasteiger partial charge in [-0.2, -0.15) is 8.83 Å². The van der Waals surface area contributed by atoms with Crippen LogP contribution in [0.3, 0.4) is 0 Å².